The minimum absolute atomic E-state index is 0.0367. The second kappa shape index (κ2) is 4.29. The number of aromatic nitrogens is 1. The highest BCUT2D eigenvalue weighted by atomic mass is 19.4. The topological polar surface area (TPSA) is 38.9 Å². The van der Waals surface area contributed by atoms with Gasteiger partial charge in [0, 0.05) is 17.3 Å². The van der Waals surface area contributed by atoms with Crippen molar-refractivity contribution in [3.05, 3.63) is 47.9 Å². The number of pyridine rings is 1. The van der Waals surface area contributed by atoms with Gasteiger partial charge < -0.3 is 5.73 Å². The molecular weight excluding hydrogens is 248 g/mol. The zero-order chi connectivity index (χ0) is 13.3. The van der Waals surface area contributed by atoms with Gasteiger partial charge in [-0.2, -0.15) is 13.2 Å². The first-order valence-electron chi connectivity index (χ1n) is 4.97. The molecule has 2 rings (SSSR count). The van der Waals surface area contributed by atoms with Crippen LogP contribution < -0.4 is 5.73 Å². The number of alkyl halides is 3. The molecule has 0 bridgehead atoms. The van der Waals surface area contributed by atoms with Gasteiger partial charge >= 0.3 is 6.18 Å². The minimum Gasteiger partial charge on any atom is -0.383 e. The van der Waals surface area contributed by atoms with Gasteiger partial charge in [-0.05, 0) is 12.1 Å². The van der Waals surface area contributed by atoms with Crippen molar-refractivity contribution in [2.75, 3.05) is 5.73 Å². The molecule has 18 heavy (non-hydrogen) atoms. The van der Waals surface area contributed by atoms with E-state index in [9.17, 15) is 17.6 Å². The fraction of sp³-hybridized carbons (Fsp3) is 0.0833. The van der Waals surface area contributed by atoms with Gasteiger partial charge in [0.1, 0.15) is 11.6 Å². The number of rotatable bonds is 1. The van der Waals surface area contributed by atoms with E-state index >= 15 is 0 Å². The lowest BCUT2D eigenvalue weighted by molar-refractivity contribution is -0.137. The first-order chi connectivity index (χ1) is 8.39. The average molecular weight is 256 g/mol. The summed E-state index contributed by atoms with van der Waals surface area (Å²) in [4.78, 5) is 3.45. The number of nitrogens with two attached hydrogens (primary N) is 1. The summed E-state index contributed by atoms with van der Waals surface area (Å²) in [5.74, 6) is -1.24. The van der Waals surface area contributed by atoms with Crippen molar-refractivity contribution >= 4 is 5.82 Å². The van der Waals surface area contributed by atoms with Crippen LogP contribution in [0.3, 0.4) is 0 Å². The number of hydrogen-bond donors (Lipinski definition) is 1. The Kier molecular flexibility index (Phi) is 2.94. The molecular formula is C12H8F4N2. The summed E-state index contributed by atoms with van der Waals surface area (Å²) in [6.07, 6.45) is -3.50. The molecule has 1 heterocycles. The van der Waals surface area contributed by atoms with Gasteiger partial charge in [0.15, 0.2) is 0 Å². The predicted molar refractivity (Wildman–Crippen MR) is 59.0 cm³/mol. The predicted octanol–water partition coefficient (Wildman–Crippen LogP) is 3.49. The van der Waals surface area contributed by atoms with E-state index in [1.54, 1.807) is 0 Å². The van der Waals surface area contributed by atoms with Crippen LogP contribution in [-0.4, -0.2) is 4.98 Å². The quantitative estimate of drug-likeness (QED) is 0.793. The van der Waals surface area contributed by atoms with Crippen molar-refractivity contribution in [2.24, 2.45) is 0 Å². The molecule has 0 aliphatic heterocycles. The number of nitrogen functional groups attached to an aromatic ring is 1. The van der Waals surface area contributed by atoms with Gasteiger partial charge in [-0.25, -0.2) is 9.37 Å². The molecule has 2 N–H and O–H groups in total. The third-order valence-corrected chi connectivity index (χ3v) is 2.41. The smallest absolute Gasteiger partial charge is 0.383 e. The summed E-state index contributed by atoms with van der Waals surface area (Å²) in [7, 11) is 0. The van der Waals surface area contributed by atoms with E-state index < -0.39 is 23.4 Å². The Bertz CT molecular complexity index is 579. The molecule has 0 spiro atoms. The Hall–Kier alpha value is -2.11. The van der Waals surface area contributed by atoms with Gasteiger partial charge in [-0.3, -0.25) is 0 Å². The number of benzene rings is 1. The van der Waals surface area contributed by atoms with Crippen LogP contribution in [0.2, 0.25) is 0 Å². The van der Waals surface area contributed by atoms with Gasteiger partial charge in [0.25, 0.3) is 0 Å². The van der Waals surface area contributed by atoms with E-state index in [2.05, 4.69) is 4.98 Å². The molecule has 0 amide bonds. The zero-order valence-electron chi connectivity index (χ0n) is 9.00. The van der Waals surface area contributed by atoms with Gasteiger partial charge in [0.05, 0.1) is 5.56 Å². The maximum Gasteiger partial charge on any atom is 0.419 e. The van der Waals surface area contributed by atoms with Crippen molar-refractivity contribution in [3.8, 4) is 11.1 Å². The molecule has 1 aromatic carbocycles. The molecule has 0 fully saturated rings. The molecule has 94 valence electrons. The Labute approximate surface area is 100 Å². The SMILES string of the molecule is Nc1ncc(-c2ccccc2F)cc1C(F)(F)F. The second-order valence-corrected chi connectivity index (χ2v) is 3.63. The minimum atomic E-state index is -4.61. The molecule has 0 atom stereocenters. The molecule has 0 unspecified atom stereocenters. The van der Waals surface area contributed by atoms with E-state index in [0.717, 1.165) is 12.3 Å². The Balaban J connectivity index is 2.58. The monoisotopic (exact) mass is 256 g/mol. The van der Waals surface area contributed by atoms with Crippen LogP contribution in [0.1, 0.15) is 5.56 Å². The third-order valence-electron chi connectivity index (χ3n) is 2.41. The van der Waals surface area contributed by atoms with Crippen molar-refractivity contribution in [1.82, 2.24) is 4.98 Å². The van der Waals surface area contributed by atoms with Crippen molar-refractivity contribution in [3.63, 3.8) is 0 Å². The van der Waals surface area contributed by atoms with Crippen LogP contribution in [0.4, 0.5) is 23.4 Å². The molecule has 2 nitrogen and oxygen atoms in total. The van der Waals surface area contributed by atoms with E-state index in [4.69, 9.17) is 5.73 Å². The fourth-order valence-corrected chi connectivity index (χ4v) is 1.55. The first-order valence-corrected chi connectivity index (χ1v) is 4.97. The maximum absolute atomic E-state index is 13.5. The highest BCUT2D eigenvalue weighted by Gasteiger charge is 2.34. The summed E-state index contributed by atoms with van der Waals surface area (Å²) in [5.41, 5.74) is 4.19. The lowest BCUT2D eigenvalue weighted by atomic mass is 10.0. The highest BCUT2D eigenvalue weighted by Crippen LogP contribution is 2.35. The zero-order valence-corrected chi connectivity index (χ0v) is 9.00. The first kappa shape index (κ1) is 12.3. The van der Waals surface area contributed by atoms with E-state index in [-0.39, 0.29) is 11.1 Å². The Morgan fingerprint density at radius 3 is 2.39 bits per heavy atom. The van der Waals surface area contributed by atoms with Crippen LogP contribution in [0.5, 0.6) is 0 Å². The Morgan fingerprint density at radius 2 is 1.78 bits per heavy atom. The lowest BCUT2D eigenvalue weighted by Crippen LogP contribution is -2.10. The maximum atomic E-state index is 13.5. The second-order valence-electron chi connectivity index (χ2n) is 3.63. The van der Waals surface area contributed by atoms with E-state index in [1.165, 1.54) is 24.3 Å². The highest BCUT2D eigenvalue weighted by molar-refractivity contribution is 5.66. The number of nitrogens with zero attached hydrogens (tertiary/aromatic N) is 1. The molecule has 0 saturated carbocycles. The Morgan fingerprint density at radius 1 is 1.11 bits per heavy atom. The van der Waals surface area contributed by atoms with Crippen LogP contribution in [0, 0.1) is 5.82 Å². The van der Waals surface area contributed by atoms with Crippen molar-refractivity contribution in [1.29, 1.82) is 0 Å². The number of hydrogen-bond acceptors (Lipinski definition) is 2. The van der Waals surface area contributed by atoms with Gasteiger partial charge in [-0.1, -0.05) is 18.2 Å². The number of halogens is 4. The van der Waals surface area contributed by atoms with Crippen LogP contribution in [-0.2, 0) is 6.18 Å². The van der Waals surface area contributed by atoms with Crippen LogP contribution >= 0.6 is 0 Å². The molecule has 0 saturated heterocycles. The summed E-state index contributed by atoms with van der Waals surface area (Å²) < 4.78 is 51.4. The molecule has 1 aromatic heterocycles. The van der Waals surface area contributed by atoms with Crippen molar-refractivity contribution < 1.29 is 17.6 Å². The van der Waals surface area contributed by atoms with Gasteiger partial charge in [0.2, 0.25) is 0 Å². The third kappa shape index (κ3) is 2.27. The molecule has 0 aliphatic rings. The molecule has 6 heteroatoms. The lowest BCUT2D eigenvalue weighted by Gasteiger charge is -2.11. The van der Waals surface area contributed by atoms with Crippen LogP contribution in [0.25, 0.3) is 11.1 Å². The summed E-state index contributed by atoms with van der Waals surface area (Å²) >= 11 is 0. The standard InChI is InChI=1S/C12H8F4N2/c13-10-4-2-1-3-8(10)7-5-9(12(14,15)16)11(17)18-6-7/h1-6H,(H2,17,18). The molecule has 2 aromatic rings. The van der Waals surface area contributed by atoms with Gasteiger partial charge in [-0.15, -0.1) is 0 Å². The molecule has 0 aliphatic carbocycles. The summed E-state index contributed by atoms with van der Waals surface area (Å²) in [6, 6.07) is 6.32. The number of anilines is 1. The average Bonchev–Trinajstić information content (AvgIpc) is 2.29. The van der Waals surface area contributed by atoms with E-state index in [0.29, 0.717) is 0 Å². The van der Waals surface area contributed by atoms with Crippen LogP contribution in [0.15, 0.2) is 36.5 Å². The molecule has 0 radical (unpaired) electrons. The largest absolute Gasteiger partial charge is 0.419 e. The van der Waals surface area contributed by atoms with E-state index in [1.807, 2.05) is 0 Å². The summed E-state index contributed by atoms with van der Waals surface area (Å²) in [5, 5.41) is 0. The fourth-order valence-electron chi connectivity index (χ4n) is 1.55. The van der Waals surface area contributed by atoms with Crippen molar-refractivity contribution in [2.45, 2.75) is 6.18 Å². The summed E-state index contributed by atoms with van der Waals surface area (Å²) in [6.45, 7) is 0. The normalized spacial score (nSPS) is 11.6.